The minimum Gasteiger partial charge on any atom is -0.377 e. The number of hydrogen-bond acceptors (Lipinski definition) is 10. The van der Waals surface area contributed by atoms with E-state index in [1.807, 2.05) is 71.5 Å². The molecule has 7 aromatic rings. The van der Waals surface area contributed by atoms with Crippen LogP contribution in [0, 0.1) is 20.8 Å². The number of carbonyl (C=O) groups is 2. The number of rotatable bonds is 15. The molecule has 17 heteroatoms. The van der Waals surface area contributed by atoms with Gasteiger partial charge in [-0.15, -0.1) is 21.5 Å². The van der Waals surface area contributed by atoms with Crippen molar-refractivity contribution < 1.29 is 19.1 Å². The molecule has 0 bridgehead atoms. The van der Waals surface area contributed by atoms with Crippen molar-refractivity contribution in [1.29, 1.82) is 0 Å². The van der Waals surface area contributed by atoms with Crippen LogP contribution in [-0.4, -0.2) is 91.3 Å². The maximum atomic E-state index is 13.2. The summed E-state index contributed by atoms with van der Waals surface area (Å²) in [6.45, 7) is 10.0. The molecule has 3 aromatic carbocycles. The van der Waals surface area contributed by atoms with E-state index in [2.05, 4.69) is 44.6 Å². The van der Waals surface area contributed by atoms with Gasteiger partial charge in [-0.2, -0.15) is 0 Å². The molecule has 4 N–H and O–H groups in total. The first-order valence-corrected chi connectivity index (χ1v) is 20.6. The van der Waals surface area contributed by atoms with E-state index in [0.29, 0.717) is 73.4 Å². The third-order valence-corrected chi connectivity index (χ3v) is 11.7. The number of aliphatic imine (C=N–C) groups is 1. The number of nitrogens with one attached hydrogen (secondary N) is 4. The highest BCUT2D eigenvalue weighted by Crippen LogP contribution is 2.39. The lowest BCUT2D eigenvalue weighted by molar-refractivity contribution is -0.121. The Morgan fingerprint density at radius 1 is 0.881 bits per heavy atom. The van der Waals surface area contributed by atoms with Crippen molar-refractivity contribution in [2.75, 3.05) is 39.5 Å². The lowest BCUT2D eigenvalue weighted by Crippen LogP contribution is -2.29. The Balaban J connectivity index is 0.784. The fourth-order valence-electron chi connectivity index (χ4n) is 7.26. The van der Waals surface area contributed by atoms with Gasteiger partial charge in [0.15, 0.2) is 5.82 Å². The summed E-state index contributed by atoms with van der Waals surface area (Å²) < 4.78 is 15.4. The second-order valence-electron chi connectivity index (χ2n) is 14.2. The number of halogens is 1. The van der Waals surface area contributed by atoms with E-state index in [9.17, 15) is 14.4 Å². The summed E-state index contributed by atoms with van der Waals surface area (Å²) in [7, 11) is 0. The van der Waals surface area contributed by atoms with Gasteiger partial charge in [0.25, 0.3) is 5.91 Å². The predicted molar refractivity (Wildman–Crippen MR) is 228 cm³/mol. The summed E-state index contributed by atoms with van der Waals surface area (Å²) >= 11 is 7.89. The summed E-state index contributed by atoms with van der Waals surface area (Å²) in [6.07, 6.45) is 0.766. The minimum atomic E-state index is -0.558. The average Bonchev–Trinajstić information content (AvgIpc) is 3.96. The summed E-state index contributed by atoms with van der Waals surface area (Å²) in [5.41, 5.74) is 7.94. The summed E-state index contributed by atoms with van der Waals surface area (Å²) in [4.78, 5) is 54.7. The Labute approximate surface area is 347 Å². The molecule has 0 fully saturated rings. The quantitative estimate of drug-likeness (QED) is 0.0929. The first-order valence-electron chi connectivity index (χ1n) is 19.4. The molecule has 0 unspecified atom stereocenters. The zero-order valence-corrected chi connectivity index (χ0v) is 34.6. The van der Waals surface area contributed by atoms with E-state index in [-0.39, 0.29) is 23.9 Å². The number of thiophene rings is 1. The predicted octanol–water partition coefficient (Wildman–Crippen LogP) is 5.84. The number of aromatic nitrogens is 7. The fraction of sp³-hybridized carbons (Fsp3) is 0.310. The summed E-state index contributed by atoms with van der Waals surface area (Å²) in [6, 6.07) is 18.2. The summed E-state index contributed by atoms with van der Waals surface area (Å²) in [5, 5.41) is 16.3. The topological polar surface area (TPSA) is 186 Å². The highest BCUT2D eigenvalue weighted by atomic mass is 35.5. The molecule has 0 aliphatic carbocycles. The second-order valence-corrected chi connectivity index (χ2v) is 15.8. The van der Waals surface area contributed by atoms with Gasteiger partial charge >= 0.3 is 5.69 Å². The molecule has 0 saturated carbocycles. The number of imidazole rings is 2. The third kappa shape index (κ3) is 8.21. The summed E-state index contributed by atoms with van der Waals surface area (Å²) in [5.74, 6) is 1.78. The van der Waals surface area contributed by atoms with Crippen LogP contribution < -0.4 is 16.3 Å². The third-order valence-electron chi connectivity index (χ3n) is 10.3. The largest absolute Gasteiger partial charge is 0.377 e. The number of fused-ring (bicyclic) bond motifs is 5. The van der Waals surface area contributed by atoms with Gasteiger partial charge in [-0.25, -0.2) is 9.78 Å². The van der Waals surface area contributed by atoms with Crippen molar-refractivity contribution in [3.05, 3.63) is 121 Å². The smallest absolute Gasteiger partial charge is 0.323 e. The van der Waals surface area contributed by atoms with Crippen molar-refractivity contribution in [1.82, 2.24) is 44.9 Å². The van der Waals surface area contributed by atoms with E-state index in [1.54, 1.807) is 23.5 Å². The van der Waals surface area contributed by atoms with Crippen molar-refractivity contribution in [2.24, 2.45) is 4.99 Å². The number of benzene rings is 3. The molecular weight excluding hydrogens is 792 g/mol. The van der Waals surface area contributed by atoms with Crippen LogP contribution in [0.15, 0.2) is 70.5 Å². The zero-order valence-electron chi connectivity index (χ0n) is 33.0. The lowest BCUT2D eigenvalue weighted by Gasteiger charge is -2.13. The first-order chi connectivity index (χ1) is 28.6. The van der Waals surface area contributed by atoms with Crippen LogP contribution in [-0.2, 0) is 20.7 Å². The monoisotopic (exact) mass is 834 g/mol. The van der Waals surface area contributed by atoms with Crippen molar-refractivity contribution in [2.45, 2.75) is 46.6 Å². The van der Waals surface area contributed by atoms with Crippen LogP contribution in [0.1, 0.15) is 68.8 Å². The Bertz CT molecular complexity index is 2780. The average molecular weight is 835 g/mol. The fourth-order valence-corrected chi connectivity index (χ4v) is 8.60. The minimum absolute atomic E-state index is 0.0864. The number of ether oxygens (including phenoxy) is 2. The number of nitrogens with zero attached hydrogens (tertiary/aromatic N) is 6. The van der Waals surface area contributed by atoms with Crippen molar-refractivity contribution >= 4 is 62.5 Å². The van der Waals surface area contributed by atoms with E-state index < -0.39 is 6.04 Å². The number of hydrogen-bond donors (Lipinski definition) is 4. The van der Waals surface area contributed by atoms with E-state index >= 15 is 0 Å². The van der Waals surface area contributed by atoms with Crippen LogP contribution in [0.5, 0.6) is 0 Å². The highest BCUT2D eigenvalue weighted by Gasteiger charge is 2.32. The van der Waals surface area contributed by atoms with Gasteiger partial charge in [-0.1, -0.05) is 30.7 Å². The Morgan fingerprint density at radius 3 is 2.39 bits per heavy atom. The molecule has 1 aliphatic rings. The van der Waals surface area contributed by atoms with Crippen LogP contribution in [0.3, 0.4) is 0 Å². The van der Waals surface area contributed by atoms with E-state index in [0.717, 1.165) is 55.8 Å². The number of aromatic amines is 2. The number of amides is 2. The molecule has 0 spiro atoms. The lowest BCUT2D eigenvalue weighted by atomic mass is 9.99. The van der Waals surface area contributed by atoms with Gasteiger partial charge < -0.3 is 30.1 Å². The van der Waals surface area contributed by atoms with Gasteiger partial charge in [0.1, 0.15) is 22.7 Å². The van der Waals surface area contributed by atoms with Crippen LogP contribution in [0.25, 0.3) is 32.8 Å². The Kier molecular flexibility index (Phi) is 11.6. The number of carbonyl (C=O) groups excluding carboxylic acids is 2. The second kappa shape index (κ2) is 17.1. The maximum absolute atomic E-state index is 13.2. The standard InChI is InChI=1S/C42H43ClN10O5S/c1-5-35-46-32-20-27(8-13-34(32)53(35)29-11-12-30-31(21-29)49-42(56)48-30)40(55)45-15-17-58-19-18-57-16-14-44-36(54)22-33-39-51-50-25(4)52(39)41-37(23(2)24(3)59-41)38(47-33)26-6-9-28(43)10-7-26/h6-13,20-21,33H,5,14-19,22H2,1-4H3,(H,44,54)(H,45,55)(H2,48,49,56)/t33-/m0/s1. The SMILES string of the molecule is CCc1nc2cc(C(=O)NCCOCCOCCNC(=O)C[C@@H]3N=C(c4ccc(Cl)cc4)c4c(sc(C)c4C)-n4c(C)nnc43)ccc2n1-c1ccc2[nH]c(=O)[nH]c2c1. The number of aryl methyl sites for hydroxylation is 3. The van der Waals surface area contributed by atoms with Crippen LogP contribution >= 0.6 is 22.9 Å². The molecule has 5 heterocycles. The molecule has 15 nitrogen and oxygen atoms in total. The van der Waals surface area contributed by atoms with Gasteiger partial charge in [-0.3, -0.25) is 23.7 Å². The molecule has 4 aromatic heterocycles. The molecule has 0 saturated heterocycles. The van der Waals surface area contributed by atoms with Crippen LogP contribution in [0.2, 0.25) is 5.02 Å². The van der Waals surface area contributed by atoms with Gasteiger partial charge in [0, 0.05) is 51.8 Å². The molecule has 2 amide bonds. The van der Waals surface area contributed by atoms with Gasteiger partial charge in [0.05, 0.1) is 60.6 Å². The first kappa shape index (κ1) is 39.9. The number of H-pyrrole nitrogens is 2. The molecule has 59 heavy (non-hydrogen) atoms. The van der Waals surface area contributed by atoms with Crippen molar-refractivity contribution in [3.63, 3.8) is 0 Å². The van der Waals surface area contributed by atoms with E-state index in [4.69, 9.17) is 31.1 Å². The van der Waals surface area contributed by atoms with Gasteiger partial charge in [0.2, 0.25) is 5.91 Å². The molecule has 1 aliphatic heterocycles. The normalized spacial score (nSPS) is 13.6. The molecular formula is C42H43ClN10O5S. The Morgan fingerprint density at radius 2 is 1.63 bits per heavy atom. The van der Waals surface area contributed by atoms with Gasteiger partial charge in [-0.05, 0) is 74.9 Å². The maximum Gasteiger partial charge on any atom is 0.323 e. The van der Waals surface area contributed by atoms with Crippen molar-refractivity contribution in [3.8, 4) is 10.7 Å². The van der Waals surface area contributed by atoms with E-state index in [1.165, 1.54) is 4.88 Å². The molecule has 8 rings (SSSR count). The molecule has 304 valence electrons. The highest BCUT2D eigenvalue weighted by molar-refractivity contribution is 7.15. The van der Waals surface area contributed by atoms with Crippen LogP contribution in [0.4, 0.5) is 0 Å². The molecule has 0 radical (unpaired) electrons. The zero-order chi connectivity index (χ0) is 41.2. The Hall–Kier alpha value is -5.94. The molecule has 1 atom stereocenters.